The first-order valence-electron chi connectivity index (χ1n) is 7.69. The molecule has 6 heteroatoms. The van der Waals surface area contributed by atoms with Crippen LogP contribution < -0.4 is 5.32 Å². The second-order valence-electron chi connectivity index (χ2n) is 5.36. The molecule has 126 valence electrons. The third-order valence-electron chi connectivity index (χ3n) is 3.56. The quantitative estimate of drug-likeness (QED) is 0.682. The van der Waals surface area contributed by atoms with Gasteiger partial charge >= 0.3 is 5.97 Å². The second-order valence-corrected chi connectivity index (χ2v) is 6.31. The van der Waals surface area contributed by atoms with Crippen molar-refractivity contribution < 1.29 is 19.5 Å². The number of thiophene rings is 1. The maximum absolute atomic E-state index is 12.1. The van der Waals surface area contributed by atoms with Gasteiger partial charge in [0.05, 0.1) is 10.9 Å². The number of hydrogen-bond acceptors (Lipinski definition) is 4. The summed E-state index contributed by atoms with van der Waals surface area (Å²) in [5.74, 6) is -1.21. The minimum absolute atomic E-state index is 0.0338. The topological polar surface area (TPSA) is 83.5 Å². The van der Waals surface area contributed by atoms with E-state index in [0.29, 0.717) is 11.3 Å². The molecule has 0 aliphatic heterocycles. The molecule has 24 heavy (non-hydrogen) atoms. The molecule has 0 saturated carbocycles. The summed E-state index contributed by atoms with van der Waals surface area (Å²) < 4.78 is 0. The molecule has 2 aromatic rings. The lowest BCUT2D eigenvalue weighted by atomic mass is 10.0. The molecule has 0 bridgehead atoms. The van der Waals surface area contributed by atoms with Crippen molar-refractivity contribution in [3.8, 4) is 0 Å². The van der Waals surface area contributed by atoms with Gasteiger partial charge in [-0.15, -0.1) is 11.3 Å². The molecule has 1 heterocycles. The average molecular weight is 345 g/mol. The molecule has 0 saturated heterocycles. The molecule has 1 atom stereocenters. The number of rotatable bonds is 9. The lowest BCUT2D eigenvalue weighted by molar-refractivity contribution is -0.137. The van der Waals surface area contributed by atoms with Gasteiger partial charge in [-0.25, -0.2) is 0 Å². The fourth-order valence-corrected chi connectivity index (χ4v) is 3.02. The number of ketones is 1. The molecule has 1 amide bonds. The first-order valence-corrected chi connectivity index (χ1v) is 8.57. The minimum atomic E-state index is -0.905. The zero-order valence-electron chi connectivity index (χ0n) is 13.1. The summed E-state index contributed by atoms with van der Waals surface area (Å²) in [6, 6.07) is 12.4. The van der Waals surface area contributed by atoms with Crippen LogP contribution in [0.1, 0.15) is 47.0 Å². The average Bonchev–Trinajstić information content (AvgIpc) is 3.11. The van der Waals surface area contributed by atoms with Crippen LogP contribution in [0.3, 0.4) is 0 Å². The van der Waals surface area contributed by atoms with E-state index in [1.165, 1.54) is 11.3 Å². The summed E-state index contributed by atoms with van der Waals surface area (Å²) in [6.45, 7) is 0. The van der Waals surface area contributed by atoms with Crippen LogP contribution in [0.25, 0.3) is 0 Å². The molecule has 1 aromatic heterocycles. The highest BCUT2D eigenvalue weighted by Gasteiger charge is 2.17. The molecular weight excluding hydrogens is 326 g/mol. The van der Waals surface area contributed by atoms with E-state index < -0.39 is 5.97 Å². The van der Waals surface area contributed by atoms with E-state index in [4.69, 9.17) is 5.11 Å². The Morgan fingerprint density at radius 2 is 1.75 bits per heavy atom. The van der Waals surface area contributed by atoms with Crippen molar-refractivity contribution in [2.45, 2.75) is 31.7 Å². The number of aliphatic carboxylic acids is 1. The summed E-state index contributed by atoms with van der Waals surface area (Å²) >= 11 is 1.36. The standard InChI is InChI=1S/C18H19NO4S/c20-15(16-7-4-12-24-16)9-10-17(21)19-14(8-11-18(22)23)13-5-2-1-3-6-13/h1-7,12,14H,8-11H2,(H,19,21)(H,22,23). The Balaban J connectivity index is 1.91. The number of carbonyl (C=O) groups is 3. The molecule has 0 aliphatic rings. The van der Waals surface area contributed by atoms with Crippen LogP contribution >= 0.6 is 11.3 Å². The molecule has 0 fully saturated rings. The number of nitrogens with one attached hydrogen (secondary N) is 1. The van der Waals surface area contributed by atoms with Gasteiger partial charge < -0.3 is 10.4 Å². The predicted molar refractivity (Wildman–Crippen MR) is 92.1 cm³/mol. The minimum Gasteiger partial charge on any atom is -0.481 e. The van der Waals surface area contributed by atoms with E-state index in [0.717, 1.165) is 5.56 Å². The first-order chi connectivity index (χ1) is 11.6. The molecule has 5 nitrogen and oxygen atoms in total. The van der Waals surface area contributed by atoms with Gasteiger partial charge in [0.1, 0.15) is 0 Å². The Morgan fingerprint density at radius 1 is 1.00 bits per heavy atom. The van der Waals surface area contributed by atoms with Crippen molar-refractivity contribution >= 4 is 29.0 Å². The lowest BCUT2D eigenvalue weighted by Crippen LogP contribution is -2.29. The Morgan fingerprint density at radius 3 is 2.38 bits per heavy atom. The molecule has 2 N–H and O–H groups in total. The largest absolute Gasteiger partial charge is 0.481 e. The van der Waals surface area contributed by atoms with Gasteiger partial charge in [0.25, 0.3) is 0 Å². The summed E-state index contributed by atoms with van der Waals surface area (Å²) in [6.07, 6.45) is 0.512. The zero-order valence-corrected chi connectivity index (χ0v) is 13.9. The van der Waals surface area contributed by atoms with Crippen molar-refractivity contribution in [3.63, 3.8) is 0 Å². The molecule has 1 aromatic carbocycles. The van der Waals surface area contributed by atoms with Crippen LogP contribution in [0.4, 0.5) is 0 Å². The summed E-state index contributed by atoms with van der Waals surface area (Å²) in [5, 5.41) is 13.5. The number of hydrogen-bond donors (Lipinski definition) is 2. The van der Waals surface area contributed by atoms with Crippen LogP contribution in [-0.4, -0.2) is 22.8 Å². The van der Waals surface area contributed by atoms with E-state index >= 15 is 0 Å². The smallest absolute Gasteiger partial charge is 0.303 e. The first kappa shape index (κ1) is 17.9. The molecule has 0 spiro atoms. The number of carboxylic acids is 1. The van der Waals surface area contributed by atoms with E-state index in [1.54, 1.807) is 12.1 Å². The molecule has 0 radical (unpaired) electrons. The van der Waals surface area contributed by atoms with E-state index in [9.17, 15) is 14.4 Å². The third kappa shape index (κ3) is 5.62. The highest BCUT2D eigenvalue weighted by Crippen LogP contribution is 2.19. The van der Waals surface area contributed by atoms with Gasteiger partial charge in [-0.3, -0.25) is 14.4 Å². The third-order valence-corrected chi connectivity index (χ3v) is 4.47. The van der Waals surface area contributed by atoms with Crippen molar-refractivity contribution in [1.82, 2.24) is 5.32 Å². The Labute approximate surface area is 144 Å². The van der Waals surface area contributed by atoms with Crippen molar-refractivity contribution in [3.05, 3.63) is 58.3 Å². The zero-order chi connectivity index (χ0) is 17.4. The summed E-state index contributed by atoms with van der Waals surface area (Å²) in [7, 11) is 0. The molecular formula is C18H19NO4S. The number of carbonyl (C=O) groups excluding carboxylic acids is 2. The highest BCUT2D eigenvalue weighted by atomic mass is 32.1. The maximum Gasteiger partial charge on any atom is 0.303 e. The van der Waals surface area contributed by atoms with Gasteiger partial charge in [-0.05, 0) is 23.4 Å². The Bertz CT molecular complexity index is 682. The van der Waals surface area contributed by atoms with Crippen LogP contribution in [-0.2, 0) is 9.59 Å². The fourth-order valence-electron chi connectivity index (χ4n) is 2.33. The Hall–Kier alpha value is -2.47. The summed E-state index contributed by atoms with van der Waals surface area (Å²) in [4.78, 5) is 35.5. The van der Waals surface area contributed by atoms with Crippen molar-refractivity contribution in [1.29, 1.82) is 0 Å². The van der Waals surface area contributed by atoms with Crippen LogP contribution in [0.5, 0.6) is 0 Å². The second kappa shape index (κ2) is 8.98. The normalized spacial score (nSPS) is 11.7. The number of benzene rings is 1. The van der Waals surface area contributed by atoms with Crippen LogP contribution in [0, 0.1) is 0 Å². The van der Waals surface area contributed by atoms with Gasteiger partial charge in [-0.1, -0.05) is 36.4 Å². The monoisotopic (exact) mass is 345 g/mol. The van der Waals surface area contributed by atoms with Gasteiger partial charge in [0.2, 0.25) is 5.91 Å². The van der Waals surface area contributed by atoms with Gasteiger partial charge in [0.15, 0.2) is 5.78 Å². The van der Waals surface area contributed by atoms with Crippen molar-refractivity contribution in [2.75, 3.05) is 0 Å². The number of Topliss-reactive ketones (excluding diaryl/α,β-unsaturated/α-hetero) is 1. The van der Waals surface area contributed by atoms with Crippen LogP contribution in [0.15, 0.2) is 47.8 Å². The van der Waals surface area contributed by atoms with Crippen molar-refractivity contribution in [2.24, 2.45) is 0 Å². The molecule has 2 rings (SSSR count). The number of carboxylic acid groups (broad SMARTS) is 1. The van der Waals surface area contributed by atoms with E-state index in [2.05, 4.69) is 5.32 Å². The van der Waals surface area contributed by atoms with Gasteiger partial charge in [-0.2, -0.15) is 0 Å². The van der Waals surface area contributed by atoms with Gasteiger partial charge in [0, 0.05) is 19.3 Å². The SMILES string of the molecule is O=C(O)CCC(NC(=O)CCC(=O)c1cccs1)c1ccccc1. The Kier molecular flexibility index (Phi) is 6.69. The predicted octanol–water partition coefficient (Wildman–Crippen LogP) is 3.43. The van der Waals surface area contributed by atoms with E-state index in [1.807, 2.05) is 35.7 Å². The van der Waals surface area contributed by atoms with Crippen LogP contribution in [0.2, 0.25) is 0 Å². The summed E-state index contributed by atoms with van der Waals surface area (Å²) in [5.41, 5.74) is 0.858. The molecule has 0 aliphatic carbocycles. The maximum atomic E-state index is 12.1. The molecule has 1 unspecified atom stereocenters. The fraction of sp³-hybridized carbons (Fsp3) is 0.278. The highest BCUT2D eigenvalue weighted by molar-refractivity contribution is 7.12. The van der Waals surface area contributed by atoms with E-state index in [-0.39, 0.29) is 37.0 Å². The number of amides is 1. The lowest BCUT2D eigenvalue weighted by Gasteiger charge is -2.18.